The zero-order valence-electron chi connectivity index (χ0n) is 10.8. The molecule has 1 amide bonds. The number of hydrogen-bond acceptors (Lipinski definition) is 2. The van der Waals surface area contributed by atoms with E-state index in [1.54, 1.807) is 6.07 Å². The standard InChI is InChI=1S/C13H16F3NO2/c1-8-5-10(8)11-4-3-9(19-11)7-17(2)12(18)6-13(14,15)16/h3-4,8,10H,5-7H2,1-2H3/t8-,10+/m0/s1. The van der Waals surface area contributed by atoms with Gasteiger partial charge in [-0.25, -0.2) is 0 Å². The molecule has 0 unspecified atom stereocenters. The molecular weight excluding hydrogens is 259 g/mol. The molecule has 1 saturated carbocycles. The molecule has 106 valence electrons. The van der Waals surface area contributed by atoms with Crippen LogP contribution in [0.2, 0.25) is 0 Å². The number of carbonyl (C=O) groups is 1. The first-order valence-corrected chi connectivity index (χ1v) is 6.15. The summed E-state index contributed by atoms with van der Waals surface area (Å²) in [5, 5.41) is 0. The summed E-state index contributed by atoms with van der Waals surface area (Å²) in [6.45, 7) is 2.18. The van der Waals surface area contributed by atoms with E-state index in [9.17, 15) is 18.0 Å². The molecule has 0 spiro atoms. The Hall–Kier alpha value is -1.46. The third-order valence-electron chi connectivity index (χ3n) is 3.33. The van der Waals surface area contributed by atoms with Gasteiger partial charge in [0.2, 0.25) is 5.91 Å². The van der Waals surface area contributed by atoms with Crippen LogP contribution in [0.4, 0.5) is 13.2 Å². The van der Waals surface area contributed by atoms with Crippen LogP contribution in [0, 0.1) is 5.92 Å². The van der Waals surface area contributed by atoms with Gasteiger partial charge in [-0.3, -0.25) is 4.79 Å². The molecule has 19 heavy (non-hydrogen) atoms. The normalized spacial score (nSPS) is 22.4. The third-order valence-corrected chi connectivity index (χ3v) is 3.33. The number of furan rings is 1. The predicted octanol–water partition coefficient (Wildman–Crippen LogP) is 3.31. The number of nitrogens with zero attached hydrogens (tertiary/aromatic N) is 1. The molecule has 0 aliphatic heterocycles. The second kappa shape index (κ2) is 4.90. The number of alkyl halides is 3. The van der Waals surface area contributed by atoms with E-state index in [1.807, 2.05) is 6.07 Å². The Morgan fingerprint density at radius 2 is 2.11 bits per heavy atom. The van der Waals surface area contributed by atoms with Crippen LogP contribution in [0.1, 0.15) is 37.2 Å². The Labute approximate surface area is 109 Å². The highest BCUT2D eigenvalue weighted by Crippen LogP contribution is 2.47. The molecule has 0 aromatic carbocycles. The number of rotatable bonds is 4. The van der Waals surface area contributed by atoms with E-state index in [0.717, 1.165) is 17.1 Å². The molecule has 1 fully saturated rings. The van der Waals surface area contributed by atoms with Crippen LogP contribution in [0.5, 0.6) is 0 Å². The zero-order valence-corrected chi connectivity index (χ0v) is 10.8. The van der Waals surface area contributed by atoms with Crippen LogP contribution in [-0.2, 0) is 11.3 Å². The van der Waals surface area contributed by atoms with Gasteiger partial charge in [-0.15, -0.1) is 0 Å². The van der Waals surface area contributed by atoms with E-state index in [4.69, 9.17) is 4.42 Å². The summed E-state index contributed by atoms with van der Waals surface area (Å²) in [6, 6.07) is 3.56. The predicted molar refractivity (Wildman–Crippen MR) is 62.4 cm³/mol. The Morgan fingerprint density at radius 1 is 1.47 bits per heavy atom. The molecule has 2 atom stereocenters. The van der Waals surface area contributed by atoms with E-state index in [0.29, 0.717) is 17.6 Å². The minimum Gasteiger partial charge on any atom is -0.464 e. The average molecular weight is 275 g/mol. The molecule has 0 N–H and O–H groups in total. The average Bonchev–Trinajstić information content (AvgIpc) is 2.82. The lowest BCUT2D eigenvalue weighted by atomic mass is 10.3. The van der Waals surface area contributed by atoms with Crippen LogP contribution in [-0.4, -0.2) is 24.0 Å². The van der Waals surface area contributed by atoms with Gasteiger partial charge in [-0.05, 0) is 24.5 Å². The molecule has 2 rings (SSSR count). The Bertz CT molecular complexity index is 467. The van der Waals surface area contributed by atoms with Crippen molar-refractivity contribution in [1.29, 1.82) is 0 Å². The third kappa shape index (κ3) is 3.75. The van der Waals surface area contributed by atoms with Gasteiger partial charge in [0.25, 0.3) is 0 Å². The Morgan fingerprint density at radius 3 is 2.63 bits per heavy atom. The van der Waals surface area contributed by atoms with Crippen molar-refractivity contribution in [3.8, 4) is 0 Å². The minimum atomic E-state index is -4.47. The molecule has 0 bridgehead atoms. The maximum Gasteiger partial charge on any atom is 0.397 e. The molecule has 1 aromatic heterocycles. The topological polar surface area (TPSA) is 33.5 Å². The smallest absolute Gasteiger partial charge is 0.397 e. The fraction of sp³-hybridized carbons (Fsp3) is 0.615. The Kier molecular flexibility index (Phi) is 3.60. The van der Waals surface area contributed by atoms with Crippen LogP contribution < -0.4 is 0 Å². The van der Waals surface area contributed by atoms with Crippen molar-refractivity contribution in [2.24, 2.45) is 5.92 Å². The molecule has 1 aliphatic carbocycles. The maximum atomic E-state index is 12.1. The van der Waals surface area contributed by atoms with Crippen LogP contribution in [0.15, 0.2) is 16.5 Å². The van der Waals surface area contributed by atoms with Gasteiger partial charge >= 0.3 is 6.18 Å². The van der Waals surface area contributed by atoms with Crippen molar-refractivity contribution >= 4 is 5.91 Å². The summed E-state index contributed by atoms with van der Waals surface area (Å²) in [6.07, 6.45) is -4.82. The molecule has 0 radical (unpaired) electrons. The highest BCUT2D eigenvalue weighted by Gasteiger charge is 2.37. The van der Waals surface area contributed by atoms with Gasteiger partial charge in [0.15, 0.2) is 0 Å². The molecule has 0 saturated heterocycles. The van der Waals surface area contributed by atoms with Crippen molar-refractivity contribution in [1.82, 2.24) is 4.90 Å². The van der Waals surface area contributed by atoms with Gasteiger partial charge in [-0.2, -0.15) is 13.2 Å². The number of carbonyl (C=O) groups excluding carboxylic acids is 1. The summed E-state index contributed by atoms with van der Waals surface area (Å²) in [7, 11) is 1.34. The quantitative estimate of drug-likeness (QED) is 0.844. The fourth-order valence-corrected chi connectivity index (χ4v) is 2.03. The van der Waals surface area contributed by atoms with Crippen LogP contribution in [0.3, 0.4) is 0 Å². The second-order valence-electron chi connectivity index (χ2n) is 5.17. The van der Waals surface area contributed by atoms with Gasteiger partial charge < -0.3 is 9.32 Å². The van der Waals surface area contributed by atoms with Crippen LogP contribution >= 0.6 is 0 Å². The van der Waals surface area contributed by atoms with Crippen molar-refractivity contribution in [2.45, 2.75) is 38.4 Å². The highest BCUT2D eigenvalue weighted by atomic mass is 19.4. The molecular formula is C13H16F3NO2. The van der Waals surface area contributed by atoms with E-state index in [1.165, 1.54) is 7.05 Å². The van der Waals surface area contributed by atoms with E-state index in [2.05, 4.69) is 6.92 Å². The SMILES string of the molecule is C[C@H]1C[C@H]1c1ccc(CN(C)C(=O)CC(F)(F)F)o1. The first-order chi connectivity index (χ1) is 8.76. The van der Waals surface area contributed by atoms with Crippen molar-refractivity contribution in [3.63, 3.8) is 0 Å². The lowest BCUT2D eigenvalue weighted by Crippen LogP contribution is -2.30. The molecule has 6 heteroatoms. The first-order valence-electron chi connectivity index (χ1n) is 6.15. The fourth-order valence-electron chi connectivity index (χ4n) is 2.03. The largest absolute Gasteiger partial charge is 0.464 e. The molecule has 1 aliphatic rings. The maximum absolute atomic E-state index is 12.1. The summed E-state index contributed by atoms with van der Waals surface area (Å²) >= 11 is 0. The molecule has 1 heterocycles. The van der Waals surface area contributed by atoms with E-state index in [-0.39, 0.29) is 6.54 Å². The summed E-state index contributed by atoms with van der Waals surface area (Å²) < 4.78 is 41.8. The van der Waals surface area contributed by atoms with E-state index >= 15 is 0 Å². The van der Waals surface area contributed by atoms with Crippen molar-refractivity contribution < 1.29 is 22.4 Å². The van der Waals surface area contributed by atoms with E-state index < -0.39 is 18.5 Å². The Balaban J connectivity index is 1.89. The van der Waals surface area contributed by atoms with Crippen molar-refractivity contribution in [3.05, 3.63) is 23.7 Å². The number of amides is 1. The lowest BCUT2D eigenvalue weighted by molar-refractivity contribution is -0.161. The number of hydrogen-bond donors (Lipinski definition) is 0. The summed E-state index contributed by atoms with van der Waals surface area (Å²) in [5.41, 5.74) is 0. The van der Waals surface area contributed by atoms with Gasteiger partial charge in [0.1, 0.15) is 17.9 Å². The molecule has 3 nitrogen and oxygen atoms in total. The van der Waals surface area contributed by atoms with Crippen LogP contribution in [0.25, 0.3) is 0 Å². The zero-order chi connectivity index (χ0) is 14.2. The van der Waals surface area contributed by atoms with Gasteiger partial charge in [0.05, 0.1) is 6.54 Å². The number of halogens is 3. The second-order valence-corrected chi connectivity index (χ2v) is 5.17. The van der Waals surface area contributed by atoms with Gasteiger partial charge in [0, 0.05) is 13.0 Å². The highest BCUT2D eigenvalue weighted by molar-refractivity contribution is 5.76. The minimum absolute atomic E-state index is 0.0655. The molecule has 1 aromatic rings. The van der Waals surface area contributed by atoms with Crippen molar-refractivity contribution in [2.75, 3.05) is 7.05 Å². The van der Waals surface area contributed by atoms with Gasteiger partial charge in [-0.1, -0.05) is 6.92 Å². The lowest BCUT2D eigenvalue weighted by Gasteiger charge is -2.16. The first kappa shape index (κ1) is 14.0. The summed E-state index contributed by atoms with van der Waals surface area (Å²) in [5.74, 6) is 1.45. The summed E-state index contributed by atoms with van der Waals surface area (Å²) in [4.78, 5) is 12.4. The monoisotopic (exact) mass is 275 g/mol.